The van der Waals surface area contributed by atoms with E-state index < -0.39 is 21.9 Å². The Hall–Kier alpha value is -1.60. The topological polar surface area (TPSA) is 89.5 Å². The fourth-order valence-electron chi connectivity index (χ4n) is 3.25. The first kappa shape index (κ1) is 21.7. The third-order valence-electron chi connectivity index (χ3n) is 5.27. The minimum Gasteiger partial charge on any atom is -0.449 e. The van der Waals surface area contributed by atoms with Crippen molar-refractivity contribution in [3.63, 3.8) is 0 Å². The Kier molecular flexibility index (Phi) is 6.92. The minimum atomic E-state index is -3.50. The second-order valence-corrected chi connectivity index (χ2v) is 9.77. The predicted molar refractivity (Wildman–Crippen MR) is 104 cm³/mol. The van der Waals surface area contributed by atoms with E-state index in [1.807, 2.05) is 0 Å². The Morgan fingerprint density at radius 1 is 1.26 bits per heavy atom. The molecule has 4 atom stereocenters. The molecule has 0 unspecified atom stereocenters. The first-order valence-corrected chi connectivity index (χ1v) is 11.3. The number of rotatable bonds is 5. The van der Waals surface area contributed by atoms with Gasteiger partial charge in [0.05, 0.1) is 15.5 Å². The summed E-state index contributed by atoms with van der Waals surface area (Å²) in [6, 6.07) is 3.86. The molecule has 0 bridgehead atoms. The molecule has 0 radical (unpaired) electrons. The Labute approximate surface area is 165 Å². The van der Waals surface area contributed by atoms with Crippen LogP contribution >= 0.6 is 11.6 Å². The van der Waals surface area contributed by atoms with E-state index in [0.29, 0.717) is 11.8 Å². The predicted octanol–water partition coefficient (Wildman–Crippen LogP) is 3.23. The van der Waals surface area contributed by atoms with Crippen molar-refractivity contribution < 1.29 is 22.7 Å². The lowest BCUT2D eigenvalue weighted by atomic mass is 9.78. The molecule has 150 valence electrons. The van der Waals surface area contributed by atoms with E-state index in [2.05, 4.69) is 19.2 Å². The van der Waals surface area contributed by atoms with Crippen LogP contribution in [-0.2, 0) is 19.4 Å². The van der Waals surface area contributed by atoms with E-state index in [4.69, 9.17) is 16.3 Å². The number of sulfone groups is 1. The monoisotopic (exact) mass is 415 g/mol. The summed E-state index contributed by atoms with van der Waals surface area (Å²) >= 11 is 6.00. The van der Waals surface area contributed by atoms with Crippen molar-refractivity contribution >= 4 is 33.3 Å². The van der Waals surface area contributed by atoms with Gasteiger partial charge in [0.25, 0.3) is 5.91 Å². The van der Waals surface area contributed by atoms with Crippen molar-refractivity contribution in [3.8, 4) is 0 Å². The molecule has 1 aliphatic rings. The van der Waals surface area contributed by atoms with Gasteiger partial charge >= 0.3 is 5.97 Å². The molecule has 1 N–H and O–H groups in total. The standard InChI is InChI=1S/C19H26ClNO5S/c1-11-6-5-7-17(12(11)2)21-18(22)13(3)26-19(23)15-10-14(27(4,24)25)8-9-16(15)20/h8-13,17H,5-7H2,1-4H3,(H,21,22)/t11-,12-,13-,17-/m1/s1. The molecule has 1 fully saturated rings. The molecule has 1 aromatic carbocycles. The van der Waals surface area contributed by atoms with Gasteiger partial charge in [-0.2, -0.15) is 0 Å². The van der Waals surface area contributed by atoms with Crippen LogP contribution in [0, 0.1) is 11.8 Å². The number of carbonyl (C=O) groups is 2. The Bertz CT molecular complexity index is 823. The van der Waals surface area contributed by atoms with Gasteiger partial charge in [0.1, 0.15) is 0 Å². The maximum absolute atomic E-state index is 12.4. The molecule has 0 saturated heterocycles. The zero-order chi connectivity index (χ0) is 20.4. The fourth-order valence-corrected chi connectivity index (χ4v) is 4.10. The smallest absolute Gasteiger partial charge is 0.340 e. The first-order chi connectivity index (χ1) is 12.5. The highest BCUT2D eigenvalue weighted by Crippen LogP contribution is 2.29. The number of carbonyl (C=O) groups excluding carboxylic acids is 2. The minimum absolute atomic E-state index is 0.0408. The summed E-state index contributed by atoms with van der Waals surface area (Å²) in [4.78, 5) is 24.8. The summed E-state index contributed by atoms with van der Waals surface area (Å²) in [6.07, 6.45) is 3.12. The van der Waals surface area contributed by atoms with E-state index in [0.717, 1.165) is 31.6 Å². The zero-order valence-electron chi connectivity index (χ0n) is 16.0. The third-order valence-corrected chi connectivity index (χ3v) is 6.71. The summed E-state index contributed by atoms with van der Waals surface area (Å²) < 4.78 is 28.6. The lowest BCUT2D eigenvalue weighted by Crippen LogP contribution is -2.47. The molecule has 6 nitrogen and oxygen atoms in total. The van der Waals surface area contributed by atoms with Gasteiger partial charge in [0.15, 0.2) is 15.9 Å². The average Bonchev–Trinajstić information content (AvgIpc) is 2.58. The number of amides is 1. The van der Waals surface area contributed by atoms with Crippen molar-refractivity contribution in [2.45, 2.75) is 57.1 Å². The molecule has 1 aliphatic carbocycles. The molecule has 0 aromatic heterocycles. The van der Waals surface area contributed by atoms with Crippen LogP contribution in [0.15, 0.2) is 23.1 Å². The molecular formula is C19H26ClNO5S. The third kappa shape index (κ3) is 5.45. The van der Waals surface area contributed by atoms with Crippen molar-refractivity contribution in [2.24, 2.45) is 11.8 Å². The second-order valence-electron chi connectivity index (χ2n) is 7.34. The van der Waals surface area contributed by atoms with Crippen LogP contribution in [0.5, 0.6) is 0 Å². The lowest BCUT2D eigenvalue weighted by Gasteiger charge is -2.35. The van der Waals surface area contributed by atoms with Crippen LogP contribution in [0.25, 0.3) is 0 Å². The summed E-state index contributed by atoms with van der Waals surface area (Å²) in [5.41, 5.74) is -0.0844. The Balaban J connectivity index is 2.06. The van der Waals surface area contributed by atoms with Gasteiger partial charge < -0.3 is 10.1 Å². The largest absolute Gasteiger partial charge is 0.449 e. The number of ether oxygens (including phenoxy) is 1. The highest BCUT2D eigenvalue weighted by Gasteiger charge is 2.30. The van der Waals surface area contributed by atoms with Crippen LogP contribution in [0.2, 0.25) is 5.02 Å². The second kappa shape index (κ2) is 8.61. The van der Waals surface area contributed by atoms with Gasteiger partial charge in [-0.3, -0.25) is 4.79 Å². The van der Waals surface area contributed by atoms with Crippen LogP contribution in [-0.4, -0.2) is 38.7 Å². The number of halogens is 1. The van der Waals surface area contributed by atoms with Gasteiger partial charge in [0.2, 0.25) is 0 Å². The van der Waals surface area contributed by atoms with E-state index in [1.54, 1.807) is 0 Å². The fraction of sp³-hybridized carbons (Fsp3) is 0.579. The highest BCUT2D eigenvalue weighted by molar-refractivity contribution is 7.90. The molecule has 1 aromatic rings. The van der Waals surface area contributed by atoms with E-state index >= 15 is 0 Å². The average molecular weight is 416 g/mol. The number of esters is 1. The molecule has 2 rings (SSSR count). The lowest BCUT2D eigenvalue weighted by molar-refractivity contribution is -0.130. The van der Waals surface area contributed by atoms with E-state index in [1.165, 1.54) is 19.1 Å². The van der Waals surface area contributed by atoms with Gasteiger partial charge in [-0.15, -0.1) is 0 Å². The van der Waals surface area contributed by atoms with E-state index in [-0.39, 0.29) is 27.4 Å². The summed E-state index contributed by atoms with van der Waals surface area (Å²) in [5.74, 6) is -0.325. The van der Waals surface area contributed by atoms with Gasteiger partial charge in [-0.25, -0.2) is 13.2 Å². The summed E-state index contributed by atoms with van der Waals surface area (Å²) in [5, 5.41) is 3.03. The Morgan fingerprint density at radius 2 is 1.93 bits per heavy atom. The zero-order valence-corrected chi connectivity index (χ0v) is 17.6. The van der Waals surface area contributed by atoms with Crippen LogP contribution in [0.4, 0.5) is 0 Å². The van der Waals surface area contributed by atoms with Gasteiger partial charge in [0, 0.05) is 12.3 Å². The molecular weight excluding hydrogens is 390 g/mol. The van der Waals surface area contributed by atoms with Crippen molar-refractivity contribution in [1.29, 1.82) is 0 Å². The molecule has 1 amide bonds. The molecule has 0 spiro atoms. The van der Waals surface area contributed by atoms with Crippen LogP contribution in [0.1, 0.15) is 50.4 Å². The number of hydrogen-bond acceptors (Lipinski definition) is 5. The maximum Gasteiger partial charge on any atom is 0.340 e. The number of nitrogens with one attached hydrogen (secondary N) is 1. The van der Waals surface area contributed by atoms with Crippen molar-refractivity contribution in [3.05, 3.63) is 28.8 Å². The summed E-state index contributed by atoms with van der Waals surface area (Å²) in [6.45, 7) is 5.77. The maximum atomic E-state index is 12.4. The molecule has 1 saturated carbocycles. The van der Waals surface area contributed by atoms with Crippen LogP contribution in [0.3, 0.4) is 0 Å². The SMILES string of the molecule is C[C@@H]1[C@H](C)CCC[C@H]1NC(=O)[C@@H](C)OC(=O)c1cc(S(C)(=O)=O)ccc1Cl. The van der Waals surface area contributed by atoms with E-state index in [9.17, 15) is 18.0 Å². The highest BCUT2D eigenvalue weighted by atomic mass is 35.5. The van der Waals surface area contributed by atoms with Crippen molar-refractivity contribution in [1.82, 2.24) is 5.32 Å². The van der Waals surface area contributed by atoms with Gasteiger partial charge in [-0.05, 0) is 43.4 Å². The molecule has 0 heterocycles. The number of hydrogen-bond donors (Lipinski definition) is 1. The summed E-state index contributed by atoms with van der Waals surface area (Å²) in [7, 11) is -3.50. The van der Waals surface area contributed by atoms with Crippen molar-refractivity contribution in [2.75, 3.05) is 6.26 Å². The molecule has 8 heteroatoms. The first-order valence-electron chi connectivity index (χ1n) is 9.01. The number of benzene rings is 1. The van der Waals surface area contributed by atoms with Crippen LogP contribution < -0.4 is 5.32 Å². The normalized spacial score (nSPS) is 24.1. The molecule has 27 heavy (non-hydrogen) atoms. The van der Waals surface area contributed by atoms with Gasteiger partial charge in [-0.1, -0.05) is 38.3 Å². The molecule has 0 aliphatic heterocycles. The Morgan fingerprint density at radius 3 is 2.56 bits per heavy atom. The quantitative estimate of drug-likeness (QED) is 0.745.